The van der Waals surface area contributed by atoms with Crippen LogP contribution in [0.4, 0.5) is 11.4 Å². The highest BCUT2D eigenvalue weighted by molar-refractivity contribution is 5.57. The molecule has 0 saturated heterocycles. The molecule has 8 heteroatoms. The van der Waals surface area contributed by atoms with E-state index in [9.17, 15) is 10.1 Å². The van der Waals surface area contributed by atoms with Gasteiger partial charge in [0.05, 0.1) is 51.1 Å². The van der Waals surface area contributed by atoms with Gasteiger partial charge in [-0.05, 0) is 0 Å². The van der Waals surface area contributed by atoms with Gasteiger partial charge in [0.25, 0.3) is 5.69 Å². The van der Waals surface area contributed by atoms with Gasteiger partial charge in [-0.15, -0.1) is 0 Å². The maximum Gasteiger partial charge on any atom is 0.275 e. The lowest BCUT2D eigenvalue weighted by atomic mass is 10.2. The molecule has 0 radical (unpaired) electrons. The summed E-state index contributed by atoms with van der Waals surface area (Å²) in [4.78, 5) is 12.4. The Balaban J connectivity index is 2.38. The summed E-state index contributed by atoms with van der Waals surface area (Å²) in [6.07, 6.45) is 0. The first kappa shape index (κ1) is 19.1. The number of anilines is 1. The third-order valence-corrected chi connectivity index (χ3v) is 3.14. The van der Waals surface area contributed by atoms with Crippen molar-refractivity contribution in [1.82, 2.24) is 0 Å². The number of hydrogen-bond donors (Lipinski definition) is 0. The van der Waals surface area contributed by atoms with Crippen LogP contribution in [-0.4, -0.2) is 65.8 Å². The SMILES string of the molecule is COCCOCCOCCN(C)c1cc(OC)cc([N+](=O)[O-])c1. The molecule has 0 heterocycles. The van der Waals surface area contributed by atoms with Crippen LogP contribution in [0, 0.1) is 10.1 Å². The molecule has 0 N–H and O–H groups in total. The normalized spacial score (nSPS) is 10.6. The van der Waals surface area contributed by atoms with Gasteiger partial charge in [-0.25, -0.2) is 0 Å². The van der Waals surface area contributed by atoms with E-state index in [2.05, 4.69) is 0 Å². The maximum absolute atomic E-state index is 10.9. The Morgan fingerprint density at radius 1 is 1.04 bits per heavy atom. The van der Waals surface area contributed by atoms with Gasteiger partial charge in [0.2, 0.25) is 0 Å². The van der Waals surface area contributed by atoms with Gasteiger partial charge in [-0.2, -0.15) is 0 Å². The van der Waals surface area contributed by atoms with Crippen molar-refractivity contribution in [3.63, 3.8) is 0 Å². The quantitative estimate of drug-likeness (QED) is 0.328. The molecule has 8 nitrogen and oxygen atoms in total. The average molecular weight is 328 g/mol. The number of hydrogen-bond acceptors (Lipinski definition) is 7. The van der Waals surface area contributed by atoms with Gasteiger partial charge < -0.3 is 23.8 Å². The minimum absolute atomic E-state index is 0.00124. The molecule has 1 aromatic carbocycles. The molecule has 0 aliphatic heterocycles. The number of nitro groups is 1. The van der Waals surface area contributed by atoms with Crippen molar-refractivity contribution in [1.29, 1.82) is 0 Å². The summed E-state index contributed by atoms with van der Waals surface area (Å²) in [7, 11) is 4.95. The second kappa shape index (κ2) is 10.8. The number of rotatable bonds is 12. The summed E-state index contributed by atoms with van der Waals surface area (Å²) < 4.78 is 20.7. The molecular weight excluding hydrogens is 304 g/mol. The van der Waals surface area contributed by atoms with E-state index in [1.807, 2.05) is 11.9 Å². The first-order valence-electron chi connectivity index (χ1n) is 7.27. The van der Waals surface area contributed by atoms with E-state index in [1.165, 1.54) is 19.2 Å². The second-order valence-corrected chi connectivity index (χ2v) is 4.79. The standard InChI is InChI=1S/C15H24N2O6/c1-16(4-5-22-8-9-23-7-6-20-2)13-10-14(17(18)19)12-15(11-13)21-3/h10-12H,4-9H2,1-3H3. The largest absolute Gasteiger partial charge is 0.496 e. The molecule has 0 fully saturated rings. The summed E-state index contributed by atoms with van der Waals surface area (Å²) >= 11 is 0. The number of nitro benzene ring substituents is 1. The van der Waals surface area contributed by atoms with Gasteiger partial charge >= 0.3 is 0 Å². The maximum atomic E-state index is 10.9. The first-order valence-corrected chi connectivity index (χ1v) is 7.27. The fourth-order valence-corrected chi connectivity index (χ4v) is 1.81. The molecule has 23 heavy (non-hydrogen) atoms. The van der Waals surface area contributed by atoms with Crippen molar-refractivity contribution in [2.24, 2.45) is 0 Å². The van der Waals surface area contributed by atoms with Crippen LogP contribution in [0.2, 0.25) is 0 Å². The number of benzene rings is 1. The Kier molecular flexibility index (Phi) is 8.96. The lowest BCUT2D eigenvalue weighted by molar-refractivity contribution is -0.384. The molecule has 130 valence electrons. The topological polar surface area (TPSA) is 83.3 Å². The lowest BCUT2D eigenvalue weighted by Gasteiger charge is -2.19. The summed E-state index contributed by atoms with van der Waals surface area (Å²) in [6.45, 7) is 3.22. The van der Waals surface area contributed by atoms with E-state index in [1.54, 1.807) is 13.2 Å². The highest BCUT2D eigenvalue weighted by atomic mass is 16.6. The van der Waals surface area contributed by atoms with E-state index >= 15 is 0 Å². The minimum Gasteiger partial charge on any atom is -0.496 e. The van der Waals surface area contributed by atoms with Crippen molar-refractivity contribution in [2.75, 3.05) is 65.7 Å². The molecular formula is C15H24N2O6. The van der Waals surface area contributed by atoms with E-state index in [4.69, 9.17) is 18.9 Å². The van der Waals surface area contributed by atoms with E-state index < -0.39 is 4.92 Å². The van der Waals surface area contributed by atoms with Crippen LogP contribution in [0.5, 0.6) is 5.75 Å². The second-order valence-electron chi connectivity index (χ2n) is 4.79. The highest BCUT2D eigenvalue weighted by Crippen LogP contribution is 2.27. The van der Waals surface area contributed by atoms with Crippen molar-refractivity contribution in [2.45, 2.75) is 0 Å². The Morgan fingerprint density at radius 2 is 1.70 bits per heavy atom. The summed E-state index contributed by atoms with van der Waals surface area (Å²) in [5.41, 5.74) is 0.703. The third kappa shape index (κ3) is 7.27. The van der Waals surface area contributed by atoms with Gasteiger partial charge in [-0.3, -0.25) is 10.1 Å². The average Bonchev–Trinajstić information content (AvgIpc) is 2.56. The smallest absolute Gasteiger partial charge is 0.275 e. The van der Waals surface area contributed by atoms with Crippen LogP contribution in [0.3, 0.4) is 0 Å². The molecule has 1 aromatic rings. The van der Waals surface area contributed by atoms with Crippen molar-refractivity contribution in [3.05, 3.63) is 28.3 Å². The molecule has 0 bridgehead atoms. The number of nitrogens with zero attached hydrogens (tertiary/aromatic N) is 2. The van der Waals surface area contributed by atoms with Crippen molar-refractivity contribution in [3.8, 4) is 5.75 Å². The number of ether oxygens (including phenoxy) is 4. The predicted octanol–water partition coefficient (Wildman–Crippen LogP) is 1.72. The van der Waals surface area contributed by atoms with E-state index in [0.29, 0.717) is 51.0 Å². The predicted molar refractivity (Wildman–Crippen MR) is 86.4 cm³/mol. The number of methoxy groups -OCH3 is 2. The first-order chi connectivity index (χ1) is 11.1. The van der Waals surface area contributed by atoms with Gasteiger partial charge in [0, 0.05) is 38.5 Å². The molecule has 0 aliphatic rings. The van der Waals surface area contributed by atoms with Crippen LogP contribution < -0.4 is 9.64 Å². The fraction of sp³-hybridized carbons (Fsp3) is 0.600. The van der Waals surface area contributed by atoms with Crippen molar-refractivity contribution >= 4 is 11.4 Å². The lowest BCUT2D eigenvalue weighted by Crippen LogP contribution is -2.23. The summed E-state index contributed by atoms with van der Waals surface area (Å²) in [5.74, 6) is 0.452. The zero-order valence-electron chi connectivity index (χ0n) is 13.8. The number of non-ortho nitro benzene ring substituents is 1. The van der Waals surface area contributed by atoms with E-state index in [-0.39, 0.29) is 5.69 Å². The Morgan fingerprint density at radius 3 is 2.30 bits per heavy atom. The Bertz CT molecular complexity index is 483. The Hall–Kier alpha value is -1.90. The summed E-state index contributed by atoms with van der Waals surface area (Å²) in [5, 5.41) is 10.9. The van der Waals surface area contributed by atoms with Gasteiger partial charge in [0.1, 0.15) is 5.75 Å². The Labute approximate surface area is 136 Å². The molecule has 0 amide bonds. The molecule has 0 aromatic heterocycles. The van der Waals surface area contributed by atoms with Crippen LogP contribution in [0.25, 0.3) is 0 Å². The summed E-state index contributed by atoms with van der Waals surface area (Å²) in [6, 6.07) is 4.66. The van der Waals surface area contributed by atoms with Crippen LogP contribution in [0.15, 0.2) is 18.2 Å². The molecule has 1 rings (SSSR count). The number of likely N-dealkylation sites (N-methyl/N-ethyl adjacent to an activating group) is 1. The van der Waals surface area contributed by atoms with E-state index in [0.717, 1.165) is 0 Å². The zero-order valence-corrected chi connectivity index (χ0v) is 13.8. The van der Waals surface area contributed by atoms with Crippen LogP contribution >= 0.6 is 0 Å². The van der Waals surface area contributed by atoms with Crippen LogP contribution in [-0.2, 0) is 14.2 Å². The molecule has 0 spiro atoms. The van der Waals surface area contributed by atoms with Crippen LogP contribution in [0.1, 0.15) is 0 Å². The van der Waals surface area contributed by atoms with Gasteiger partial charge in [0.15, 0.2) is 0 Å². The highest BCUT2D eigenvalue weighted by Gasteiger charge is 2.12. The van der Waals surface area contributed by atoms with Crippen molar-refractivity contribution < 1.29 is 23.9 Å². The fourth-order valence-electron chi connectivity index (χ4n) is 1.81. The molecule has 0 atom stereocenters. The molecule has 0 aliphatic carbocycles. The minimum atomic E-state index is -0.437. The molecule has 0 unspecified atom stereocenters. The monoisotopic (exact) mass is 328 g/mol. The third-order valence-electron chi connectivity index (χ3n) is 3.14. The zero-order chi connectivity index (χ0) is 17.1. The van der Waals surface area contributed by atoms with Gasteiger partial charge in [-0.1, -0.05) is 0 Å². The molecule has 0 saturated carbocycles.